The van der Waals surface area contributed by atoms with E-state index in [1.54, 1.807) is 37.6 Å². The Bertz CT molecular complexity index is 1220. The molecule has 2 aromatic carbocycles. The van der Waals surface area contributed by atoms with E-state index < -0.39 is 0 Å². The van der Waals surface area contributed by atoms with Crippen molar-refractivity contribution in [2.45, 2.75) is 19.6 Å². The quantitative estimate of drug-likeness (QED) is 0.480. The number of rotatable bonds is 7. The van der Waals surface area contributed by atoms with Gasteiger partial charge in [0, 0.05) is 18.8 Å². The number of nitrogens with one attached hydrogen (secondary N) is 1. The standard InChI is InChI=1S/C24H24N4O4/c1-30-18-5-7-19(8-6-18)32-16-24(29)25-17-4-9-22-21(13-17)26-23-15-27(10-11-28(22)23)14-20-3-2-12-31-20/h2-9,12-13H,10-11,14-16H2,1H3,(H,25,29). The Morgan fingerprint density at radius 1 is 1.12 bits per heavy atom. The number of benzene rings is 2. The lowest BCUT2D eigenvalue weighted by atomic mass is 10.2. The van der Waals surface area contributed by atoms with Gasteiger partial charge in [-0.3, -0.25) is 9.69 Å². The largest absolute Gasteiger partial charge is 0.497 e. The van der Waals surface area contributed by atoms with E-state index in [4.69, 9.17) is 18.9 Å². The Kier molecular flexibility index (Phi) is 5.51. The molecule has 0 radical (unpaired) electrons. The van der Waals surface area contributed by atoms with E-state index in [1.165, 1.54) is 0 Å². The number of amides is 1. The average Bonchev–Trinajstić information content (AvgIpc) is 3.44. The van der Waals surface area contributed by atoms with Gasteiger partial charge in [0.15, 0.2) is 6.61 Å². The van der Waals surface area contributed by atoms with Crippen molar-refractivity contribution in [1.29, 1.82) is 0 Å². The molecule has 1 amide bonds. The summed E-state index contributed by atoms with van der Waals surface area (Å²) in [6.45, 7) is 3.25. The second kappa shape index (κ2) is 8.76. The fraction of sp³-hybridized carbons (Fsp3) is 0.250. The van der Waals surface area contributed by atoms with E-state index in [0.29, 0.717) is 11.4 Å². The zero-order chi connectivity index (χ0) is 21.9. The minimum atomic E-state index is -0.228. The molecule has 0 unspecified atom stereocenters. The minimum Gasteiger partial charge on any atom is -0.497 e. The lowest BCUT2D eigenvalue weighted by Crippen LogP contribution is -2.33. The van der Waals surface area contributed by atoms with Crippen molar-refractivity contribution in [2.75, 3.05) is 25.6 Å². The molecule has 8 heteroatoms. The van der Waals surface area contributed by atoms with Gasteiger partial charge in [-0.1, -0.05) is 0 Å². The molecule has 4 aromatic rings. The molecule has 0 aliphatic carbocycles. The summed E-state index contributed by atoms with van der Waals surface area (Å²) in [6.07, 6.45) is 1.70. The molecule has 0 saturated carbocycles. The van der Waals surface area contributed by atoms with Crippen molar-refractivity contribution < 1.29 is 18.7 Å². The van der Waals surface area contributed by atoms with Crippen LogP contribution >= 0.6 is 0 Å². The smallest absolute Gasteiger partial charge is 0.262 e. The molecule has 0 saturated heterocycles. The van der Waals surface area contributed by atoms with Crippen molar-refractivity contribution in [3.63, 3.8) is 0 Å². The van der Waals surface area contributed by atoms with E-state index in [-0.39, 0.29) is 12.5 Å². The summed E-state index contributed by atoms with van der Waals surface area (Å²) in [5.74, 6) is 3.09. The maximum absolute atomic E-state index is 12.3. The Hall–Kier alpha value is -3.78. The van der Waals surface area contributed by atoms with Gasteiger partial charge in [0.05, 0.1) is 37.5 Å². The maximum atomic E-state index is 12.3. The molecule has 5 rings (SSSR count). The van der Waals surface area contributed by atoms with Gasteiger partial charge in [-0.05, 0) is 54.6 Å². The van der Waals surface area contributed by atoms with Crippen LogP contribution in [0.15, 0.2) is 65.3 Å². The van der Waals surface area contributed by atoms with Gasteiger partial charge < -0.3 is 23.8 Å². The molecular weight excluding hydrogens is 408 g/mol. The monoisotopic (exact) mass is 432 g/mol. The second-order valence-electron chi connectivity index (χ2n) is 7.69. The lowest BCUT2D eigenvalue weighted by Gasteiger charge is -2.26. The number of hydrogen-bond donors (Lipinski definition) is 1. The van der Waals surface area contributed by atoms with E-state index in [2.05, 4.69) is 14.8 Å². The number of fused-ring (bicyclic) bond motifs is 3. The van der Waals surface area contributed by atoms with Crippen LogP contribution in [0.25, 0.3) is 11.0 Å². The molecular formula is C24H24N4O4. The maximum Gasteiger partial charge on any atom is 0.262 e. The molecule has 3 heterocycles. The summed E-state index contributed by atoms with van der Waals surface area (Å²) in [5.41, 5.74) is 2.64. The van der Waals surface area contributed by atoms with Gasteiger partial charge in [0.1, 0.15) is 23.1 Å². The van der Waals surface area contributed by atoms with Crippen molar-refractivity contribution in [2.24, 2.45) is 0 Å². The number of anilines is 1. The Labute approximate surface area is 185 Å². The van der Waals surface area contributed by atoms with Crippen LogP contribution in [-0.2, 0) is 24.4 Å². The number of nitrogens with zero attached hydrogens (tertiary/aromatic N) is 3. The van der Waals surface area contributed by atoms with Gasteiger partial charge in [0.2, 0.25) is 0 Å². The summed E-state index contributed by atoms with van der Waals surface area (Å²) in [5, 5.41) is 2.89. The first-order chi connectivity index (χ1) is 15.7. The predicted molar refractivity (Wildman–Crippen MR) is 120 cm³/mol. The van der Waals surface area contributed by atoms with Gasteiger partial charge in [-0.2, -0.15) is 0 Å². The minimum absolute atomic E-state index is 0.0776. The van der Waals surface area contributed by atoms with E-state index >= 15 is 0 Å². The normalized spacial score (nSPS) is 13.7. The fourth-order valence-electron chi connectivity index (χ4n) is 3.92. The summed E-state index contributed by atoms with van der Waals surface area (Å²) in [6, 6.07) is 16.8. The van der Waals surface area contributed by atoms with Crippen LogP contribution in [0.3, 0.4) is 0 Å². The summed E-state index contributed by atoms with van der Waals surface area (Å²) in [7, 11) is 1.60. The van der Waals surface area contributed by atoms with Gasteiger partial charge in [-0.15, -0.1) is 0 Å². The molecule has 1 aliphatic heterocycles. The van der Waals surface area contributed by atoms with Crippen LogP contribution in [0.2, 0.25) is 0 Å². The summed E-state index contributed by atoms with van der Waals surface area (Å²) >= 11 is 0. The Morgan fingerprint density at radius 3 is 2.75 bits per heavy atom. The van der Waals surface area contributed by atoms with Crippen LogP contribution in [0.4, 0.5) is 5.69 Å². The zero-order valence-electron chi connectivity index (χ0n) is 17.8. The van der Waals surface area contributed by atoms with Crippen LogP contribution < -0.4 is 14.8 Å². The van der Waals surface area contributed by atoms with Crippen LogP contribution in [0.1, 0.15) is 11.6 Å². The van der Waals surface area contributed by atoms with Gasteiger partial charge in [-0.25, -0.2) is 4.98 Å². The molecule has 0 atom stereocenters. The third-order valence-electron chi connectivity index (χ3n) is 5.50. The topological polar surface area (TPSA) is 81.8 Å². The highest BCUT2D eigenvalue weighted by Crippen LogP contribution is 2.25. The first-order valence-electron chi connectivity index (χ1n) is 10.5. The summed E-state index contributed by atoms with van der Waals surface area (Å²) in [4.78, 5) is 19.5. The second-order valence-corrected chi connectivity index (χ2v) is 7.69. The molecule has 8 nitrogen and oxygen atoms in total. The average molecular weight is 432 g/mol. The van der Waals surface area contributed by atoms with Gasteiger partial charge in [0.25, 0.3) is 5.91 Å². The molecule has 0 spiro atoms. The molecule has 164 valence electrons. The number of imidazole rings is 1. The molecule has 32 heavy (non-hydrogen) atoms. The molecule has 0 bridgehead atoms. The number of carbonyl (C=O) groups is 1. The van der Waals surface area contributed by atoms with E-state index in [1.807, 2.05) is 30.3 Å². The number of furan rings is 1. The third kappa shape index (κ3) is 4.31. The number of aromatic nitrogens is 2. The van der Waals surface area contributed by atoms with Crippen molar-refractivity contribution in [3.05, 3.63) is 72.4 Å². The first kappa shape index (κ1) is 20.1. The first-order valence-corrected chi connectivity index (χ1v) is 10.5. The van der Waals surface area contributed by atoms with Crippen molar-refractivity contribution >= 4 is 22.6 Å². The fourth-order valence-corrected chi connectivity index (χ4v) is 3.92. The van der Waals surface area contributed by atoms with Crippen LogP contribution in [0, 0.1) is 0 Å². The Balaban J connectivity index is 1.22. The highest BCUT2D eigenvalue weighted by molar-refractivity contribution is 5.94. The highest BCUT2D eigenvalue weighted by atomic mass is 16.5. The third-order valence-corrected chi connectivity index (χ3v) is 5.50. The SMILES string of the molecule is COc1ccc(OCC(=O)Nc2ccc3c(c2)nc2n3CCN(Cc3ccco3)C2)cc1. The predicted octanol–water partition coefficient (Wildman–Crippen LogP) is 3.67. The molecule has 1 N–H and O–H groups in total. The van der Waals surface area contributed by atoms with Crippen LogP contribution in [0.5, 0.6) is 11.5 Å². The molecule has 2 aromatic heterocycles. The Morgan fingerprint density at radius 2 is 1.97 bits per heavy atom. The number of hydrogen-bond acceptors (Lipinski definition) is 6. The molecule has 1 aliphatic rings. The molecule has 0 fully saturated rings. The van der Waals surface area contributed by atoms with E-state index in [9.17, 15) is 4.79 Å². The van der Waals surface area contributed by atoms with Crippen molar-refractivity contribution in [3.8, 4) is 11.5 Å². The highest BCUT2D eigenvalue weighted by Gasteiger charge is 2.21. The van der Waals surface area contributed by atoms with Gasteiger partial charge >= 0.3 is 0 Å². The number of carbonyl (C=O) groups excluding carboxylic acids is 1. The zero-order valence-corrected chi connectivity index (χ0v) is 17.8. The number of ether oxygens (including phenoxy) is 2. The van der Waals surface area contributed by atoms with Crippen molar-refractivity contribution in [1.82, 2.24) is 14.5 Å². The number of methoxy groups -OCH3 is 1. The van der Waals surface area contributed by atoms with E-state index in [0.717, 1.165) is 54.5 Å². The summed E-state index contributed by atoms with van der Waals surface area (Å²) < 4.78 is 18.4. The van der Waals surface area contributed by atoms with Crippen LogP contribution in [-0.4, -0.2) is 40.6 Å². The lowest BCUT2D eigenvalue weighted by molar-refractivity contribution is -0.118.